The summed E-state index contributed by atoms with van der Waals surface area (Å²) in [6.45, 7) is 0. The van der Waals surface area contributed by atoms with Gasteiger partial charge in [0.1, 0.15) is 11.5 Å². The fourth-order valence-electron chi connectivity index (χ4n) is 2.78. The van der Waals surface area contributed by atoms with Crippen LogP contribution in [0.1, 0.15) is 10.4 Å². The molecule has 2 aromatic carbocycles. The predicted octanol–water partition coefficient (Wildman–Crippen LogP) is 4.60. The Hall–Kier alpha value is -3.94. The number of anilines is 1. The van der Waals surface area contributed by atoms with Crippen LogP contribution in [0.2, 0.25) is 0 Å². The first kappa shape index (κ1) is 18.4. The van der Waals surface area contributed by atoms with Crippen LogP contribution in [0.5, 0.6) is 0 Å². The Balaban J connectivity index is 1.77. The van der Waals surface area contributed by atoms with Crippen LogP contribution in [-0.2, 0) is 0 Å². The lowest BCUT2D eigenvalue weighted by Gasteiger charge is -2.07. The van der Waals surface area contributed by atoms with Crippen LogP contribution in [0.3, 0.4) is 0 Å². The number of rotatable bonds is 4. The van der Waals surface area contributed by atoms with Crippen LogP contribution in [0.4, 0.5) is 18.9 Å². The Labute approximate surface area is 163 Å². The van der Waals surface area contributed by atoms with Gasteiger partial charge in [0.25, 0.3) is 5.91 Å². The van der Waals surface area contributed by atoms with Crippen molar-refractivity contribution in [2.75, 3.05) is 5.32 Å². The zero-order valence-electron chi connectivity index (χ0n) is 14.8. The SMILES string of the molecule is O=C(Nc1cc(F)c(F)cc1F)c1cn(-c2ccccc2)nc1-c1cccnc1. The molecule has 0 aliphatic carbocycles. The molecular weight excluding hydrogens is 381 g/mol. The van der Waals surface area contributed by atoms with Gasteiger partial charge in [0.15, 0.2) is 11.6 Å². The summed E-state index contributed by atoms with van der Waals surface area (Å²) in [4.78, 5) is 16.9. The Morgan fingerprint density at radius 1 is 0.931 bits per heavy atom. The number of aromatic nitrogens is 3. The molecule has 2 aromatic heterocycles. The van der Waals surface area contributed by atoms with Crippen LogP contribution in [0, 0.1) is 17.5 Å². The molecular formula is C21H13F3N4O. The average molecular weight is 394 g/mol. The highest BCUT2D eigenvalue weighted by molar-refractivity contribution is 6.08. The molecule has 4 rings (SSSR count). The molecule has 0 radical (unpaired) electrons. The second kappa shape index (κ2) is 7.59. The largest absolute Gasteiger partial charge is 0.319 e. The maximum atomic E-state index is 13.9. The van der Waals surface area contributed by atoms with Crippen LogP contribution >= 0.6 is 0 Å². The van der Waals surface area contributed by atoms with E-state index in [4.69, 9.17) is 0 Å². The summed E-state index contributed by atoms with van der Waals surface area (Å²) in [6.07, 6.45) is 4.59. The van der Waals surface area contributed by atoms with Gasteiger partial charge in [-0.3, -0.25) is 9.78 Å². The van der Waals surface area contributed by atoms with Gasteiger partial charge < -0.3 is 5.32 Å². The summed E-state index contributed by atoms with van der Waals surface area (Å²) in [7, 11) is 0. The molecule has 2 heterocycles. The van der Waals surface area contributed by atoms with E-state index in [0.29, 0.717) is 29.1 Å². The van der Waals surface area contributed by atoms with Crippen molar-refractivity contribution in [2.24, 2.45) is 0 Å². The van der Waals surface area contributed by atoms with Crippen LogP contribution < -0.4 is 5.32 Å². The summed E-state index contributed by atoms with van der Waals surface area (Å²) < 4.78 is 42.1. The van der Waals surface area contributed by atoms with Gasteiger partial charge in [0.2, 0.25) is 0 Å². The summed E-state index contributed by atoms with van der Waals surface area (Å²) in [5, 5.41) is 6.73. The molecule has 0 spiro atoms. The Morgan fingerprint density at radius 2 is 1.69 bits per heavy atom. The maximum Gasteiger partial charge on any atom is 0.259 e. The summed E-state index contributed by atoms with van der Waals surface area (Å²) in [6, 6.07) is 13.5. The van der Waals surface area contributed by atoms with Crippen molar-refractivity contribution in [1.29, 1.82) is 0 Å². The van der Waals surface area contributed by atoms with E-state index in [0.717, 1.165) is 0 Å². The minimum atomic E-state index is -1.34. The van der Waals surface area contributed by atoms with Gasteiger partial charge in [-0.15, -0.1) is 0 Å². The number of amides is 1. The normalized spacial score (nSPS) is 10.7. The maximum absolute atomic E-state index is 13.9. The molecule has 5 nitrogen and oxygen atoms in total. The number of benzene rings is 2. The highest BCUT2D eigenvalue weighted by Crippen LogP contribution is 2.25. The van der Waals surface area contributed by atoms with E-state index in [1.165, 1.54) is 17.1 Å². The van der Waals surface area contributed by atoms with Gasteiger partial charge in [0.05, 0.1) is 16.9 Å². The minimum Gasteiger partial charge on any atom is -0.319 e. The fraction of sp³-hybridized carbons (Fsp3) is 0. The molecule has 0 bridgehead atoms. The number of hydrogen-bond donors (Lipinski definition) is 1. The van der Waals surface area contributed by atoms with E-state index in [2.05, 4.69) is 15.4 Å². The van der Waals surface area contributed by atoms with Gasteiger partial charge >= 0.3 is 0 Å². The van der Waals surface area contributed by atoms with E-state index < -0.39 is 29.0 Å². The number of halogens is 3. The fourth-order valence-corrected chi connectivity index (χ4v) is 2.78. The molecule has 1 N–H and O–H groups in total. The molecule has 0 saturated heterocycles. The van der Waals surface area contributed by atoms with Crippen LogP contribution in [0.15, 0.2) is 73.2 Å². The van der Waals surface area contributed by atoms with Crippen molar-refractivity contribution in [1.82, 2.24) is 14.8 Å². The quantitative estimate of drug-likeness (QED) is 0.515. The summed E-state index contributed by atoms with van der Waals surface area (Å²) >= 11 is 0. The van der Waals surface area contributed by atoms with E-state index in [1.807, 2.05) is 18.2 Å². The third-order valence-corrected chi connectivity index (χ3v) is 4.17. The lowest BCUT2D eigenvalue weighted by molar-refractivity contribution is 0.102. The van der Waals surface area contributed by atoms with Gasteiger partial charge in [0, 0.05) is 36.3 Å². The number of para-hydroxylation sites is 1. The second-order valence-corrected chi connectivity index (χ2v) is 6.11. The van der Waals surface area contributed by atoms with Crippen molar-refractivity contribution in [3.63, 3.8) is 0 Å². The Kier molecular flexibility index (Phi) is 4.82. The van der Waals surface area contributed by atoms with E-state index in [1.54, 1.807) is 30.5 Å². The first-order valence-corrected chi connectivity index (χ1v) is 8.54. The first-order valence-electron chi connectivity index (χ1n) is 8.54. The van der Waals surface area contributed by atoms with E-state index in [9.17, 15) is 18.0 Å². The molecule has 0 aliphatic heterocycles. The third kappa shape index (κ3) is 3.73. The van der Waals surface area contributed by atoms with Crippen molar-refractivity contribution in [3.8, 4) is 16.9 Å². The monoisotopic (exact) mass is 394 g/mol. The Bertz CT molecular complexity index is 1180. The predicted molar refractivity (Wildman–Crippen MR) is 101 cm³/mol. The van der Waals surface area contributed by atoms with Crippen LogP contribution in [0.25, 0.3) is 16.9 Å². The molecule has 1 amide bonds. The van der Waals surface area contributed by atoms with Gasteiger partial charge in [-0.2, -0.15) is 5.10 Å². The zero-order valence-corrected chi connectivity index (χ0v) is 14.8. The molecule has 144 valence electrons. The van der Waals surface area contributed by atoms with E-state index >= 15 is 0 Å². The Morgan fingerprint density at radius 3 is 2.41 bits per heavy atom. The van der Waals surface area contributed by atoms with Crippen molar-refractivity contribution >= 4 is 11.6 Å². The van der Waals surface area contributed by atoms with Crippen molar-refractivity contribution < 1.29 is 18.0 Å². The van der Waals surface area contributed by atoms with Crippen molar-refractivity contribution in [3.05, 3.63) is 96.2 Å². The highest BCUT2D eigenvalue weighted by atomic mass is 19.2. The average Bonchev–Trinajstić information content (AvgIpc) is 3.19. The molecule has 0 atom stereocenters. The summed E-state index contributed by atoms with van der Waals surface area (Å²) in [5.41, 5.74) is 1.22. The lowest BCUT2D eigenvalue weighted by atomic mass is 10.1. The minimum absolute atomic E-state index is 0.117. The second-order valence-electron chi connectivity index (χ2n) is 6.11. The van der Waals surface area contributed by atoms with Crippen LogP contribution in [-0.4, -0.2) is 20.7 Å². The number of carbonyl (C=O) groups excluding carboxylic acids is 1. The molecule has 0 saturated carbocycles. The van der Waals surface area contributed by atoms with E-state index in [-0.39, 0.29) is 5.56 Å². The number of nitrogens with zero attached hydrogens (tertiary/aromatic N) is 3. The van der Waals surface area contributed by atoms with Gasteiger partial charge in [-0.05, 0) is 24.3 Å². The number of nitrogens with one attached hydrogen (secondary N) is 1. The number of pyridine rings is 1. The lowest BCUT2D eigenvalue weighted by Crippen LogP contribution is -2.14. The van der Waals surface area contributed by atoms with Gasteiger partial charge in [-0.1, -0.05) is 18.2 Å². The third-order valence-electron chi connectivity index (χ3n) is 4.17. The van der Waals surface area contributed by atoms with Crippen molar-refractivity contribution in [2.45, 2.75) is 0 Å². The molecule has 0 fully saturated rings. The summed E-state index contributed by atoms with van der Waals surface area (Å²) in [5.74, 6) is -4.42. The number of carbonyl (C=O) groups is 1. The topological polar surface area (TPSA) is 59.8 Å². The van der Waals surface area contributed by atoms with Gasteiger partial charge in [-0.25, -0.2) is 17.9 Å². The molecule has 0 aliphatic rings. The molecule has 0 unspecified atom stereocenters. The zero-order chi connectivity index (χ0) is 20.4. The standard InChI is InChI=1S/C21H13F3N4O/c22-16-9-18(24)19(10-17(16)23)26-21(29)15-12-28(14-6-2-1-3-7-14)27-20(15)13-5-4-8-25-11-13/h1-12H,(H,26,29). The first-order chi connectivity index (χ1) is 14.0. The molecule has 8 heteroatoms. The highest BCUT2D eigenvalue weighted by Gasteiger charge is 2.21. The molecule has 29 heavy (non-hydrogen) atoms. The molecule has 4 aromatic rings. The smallest absolute Gasteiger partial charge is 0.259 e. The number of hydrogen-bond acceptors (Lipinski definition) is 3.